The molecule has 1 aliphatic carbocycles. The van der Waals surface area contributed by atoms with Crippen LogP contribution in [0.15, 0.2) is 24.3 Å². The van der Waals surface area contributed by atoms with E-state index in [0.717, 1.165) is 12.1 Å². The number of rotatable bonds is 5. The highest BCUT2D eigenvalue weighted by Crippen LogP contribution is 2.19. The van der Waals surface area contributed by atoms with E-state index in [9.17, 15) is 4.79 Å². The molecule has 1 aliphatic rings. The van der Waals surface area contributed by atoms with Gasteiger partial charge in [-0.25, -0.2) is 4.79 Å². The van der Waals surface area contributed by atoms with Crippen molar-refractivity contribution in [1.82, 2.24) is 10.6 Å². The van der Waals surface area contributed by atoms with Gasteiger partial charge in [0.15, 0.2) is 0 Å². The summed E-state index contributed by atoms with van der Waals surface area (Å²) >= 11 is 0. The van der Waals surface area contributed by atoms with Gasteiger partial charge in [-0.05, 0) is 44.7 Å². The molecule has 0 aliphatic heterocycles. The van der Waals surface area contributed by atoms with Crippen LogP contribution < -0.4 is 10.6 Å². The summed E-state index contributed by atoms with van der Waals surface area (Å²) in [6.07, 6.45) is 3.51. The average Bonchev–Trinajstić information content (AvgIpc) is 2.33. The third kappa shape index (κ3) is 5.38. The van der Waals surface area contributed by atoms with Gasteiger partial charge in [-0.2, -0.15) is 0 Å². The van der Waals surface area contributed by atoms with Gasteiger partial charge in [0.1, 0.15) is 5.60 Å². The predicted molar refractivity (Wildman–Crippen MR) is 84.0 cm³/mol. The van der Waals surface area contributed by atoms with Gasteiger partial charge in [0, 0.05) is 19.1 Å². The maximum absolute atomic E-state index is 11.7. The molecule has 0 atom stereocenters. The lowest BCUT2D eigenvalue weighted by Gasteiger charge is -2.27. The lowest BCUT2D eigenvalue weighted by atomic mass is 9.93. The molecule has 0 bridgehead atoms. The minimum Gasteiger partial charge on any atom is -0.444 e. The van der Waals surface area contributed by atoms with Crippen molar-refractivity contribution in [3.05, 3.63) is 35.4 Å². The van der Waals surface area contributed by atoms with E-state index in [1.807, 2.05) is 32.9 Å². The van der Waals surface area contributed by atoms with Crippen LogP contribution in [-0.2, 0) is 17.8 Å². The van der Waals surface area contributed by atoms with Crippen LogP contribution in [-0.4, -0.2) is 17.7 Å². The van der Waals surface area contributed by atoms with Gasteiger partial charge in [0.2, 0.25) is 0 Å². The van der Waals surface area contributed by atoms with Crippen molar-refractivity contribution >= 4 is 6.09 Å². The number of hydrogen-bond acceptors (Lipinski definition) is 3. The second-order valence-electron chi connectivity index (χ2n) is 6.63. The summed E-state index contributed by atoms with van der Waals surface area (Å²) in [6.45, 7) is 6.95. The summed E-state index contributed by atoms with van der Waals surface area (Å²) in [7, 11) is 0. The summed E-state index contributed by atoms with van der Waals surface area (Å²) in [5.74, 6) is 0. The zero-order chi connectivity index (χ0) is 15.3. The Bertz CT molecular complexity index is 476. The van der Waals surface area contributed by atoms with Crippen LogP contribution >= 0.6 is 0 Å². The zero-order valence-electron chi connectivity index (χ0n) is 13.2. The van der Waals surface area contributed by atoms with Crippen molar-refractivity contribution in [3.63, 3.8) is 0 Å². The number of carbonyl (C=O) groups is 1. The van der Waals surface area contributed by atoms with E-state index >= 15 is 0 Å². The highest BCUT2D eigenvalue weighted by molar-refractivity contribution is 5.67. The fraction of sp³-hybridized carbons (Fsp3) is 0.588. The van der Waals surface area contributed by atoms with Crippen molar-refractivity contribution in [3.8, 4) is 0 Å². The number of benzene rings is 1. The number of nitrogens with one attached hydrogen (secondary N) is 2. The smallest absolute Gasteiger partial charge is 0.407 e. The molecule has 4 nitrogen and oxygen atoms in total. The second-order valence-corrected chi connectivity index (χ2v) is 6.63. The van der Waals surface area contributed by atoms with Gasteiger partial charge >= 0.3 is 6.09 Å². The lowest BCUT2D eigenvalue weighted by Crippen LogP contribution is -2.35. The molecule has 0 spiro atoms. The normalized spacial score (nSPS) is 15.4. The molecule has 0 radical (unpaired) electrons. The van der Waals surface area contributed by atoms with Crippen molar-refractivity contribution in [1.29, 1.82) is 0 Å². The molecular weight excluding hydrogens is 264 g/mol. The minimum atomic E-state index is -0.463. The number of hydrogen-bond donors (Lipinski definition) is 2. The molecule has 0 heterocycles. The van der Waals surface area contributed by atoms with Crippen molar-refractivity contribution in [2.45, 2.75) is 64.8 Å². The van der Waals surface area contributed by atoms with Crippen LogP contribution in [0.5, 0.6) is 0 Å². The molecule has 0 unspecified atom stereocenters. The first-order valence-corrected chi connectivity index (χ1v) is 7.71. The molecule has 116 valence electrons. The van der Waals surface area contributed by atoms with Crippen molar-refractivity contribution in [2.24, 2.45) is 0 Å². The van der Waals surface area contributed by atoms with Crippen LogP contribution in [0.25, 0.3) is 0 Å². The summed E-state index contributed by atoms with van der Waals surface area (Å²) in [5.41, 5.74) is 1.91. The van der Waals surface area contributed by atoms with Gasteiger partial charge in [0.25, 0.3) is 0 Å². The Labute approximate surface area is 127 Å². The Morgan fingerprint density at radius 1 is 1.19 bits per heavy atom. The first-order chi connectivity index (χ1) is 9.94. The predicted octanol–water partition coefficient (Wildman–Crippen LogP) is 3.35. The monoisotopic (exact) mass is 290 g/mol. The van der Waals surface area contributed by atoms with Crippen LogP contribution in [0.3, 0.4) is 0 Å². The molecule has 1 saturated carbocycles. The molecule has 0 aromatic heterocycles. The van der Waals surface area contributed by atoms with Gasteiger partial charge in [0.05, 0.1) is 0 Å². The number of carbonyl (C=O) groups excluding carboxylic acids is 1. The Hall–Kier alpha value is -1.55. The van der Waals surface area contributed by atoms with E-state index in [0.29, 0.717) is 12.6 Å². The van der Waals surface area contributed by atoms with Crippen LogP contribution in [0.4, 0.5) is 4.79 Å². The third-order valence-electron chi connectivity index (χ3n) is 3.63. The van der Waals surface area contributed by atoms with Gasteiger partial charge in [-0.3, -0.25) is 0 Å². The topological polar surface area (TPSA) is 50.4 Å². The van der Waals surface area contributed by atoms with Crippen molar-refractivity contribution in [2.75, 3.05) is 0 Å². The van der Waals surface area contributed by atoms with E-state index in [-0.39, 0.29) is 6.09 Å². The van der Waals surface area contributed by atoms with Crippen LogP contribution in [0.1, 0.15) is 51.2 Å². The first kappa shape index (κ1) is 15.8. The lowest BCUT2D eigenvalue weighted by molar-refractivity contribution is 0.0523. The van der Waals surface area contributed by atoms with Gasteiger partial charge in [-0.15, -0.1) is 0 Å². The standard InChI is InChI=1S/C17H26N2O2/c1-17(2,3)21-16(20)19-12-14-8-5-4-7-13(14)11-18-15-9-6-10-15/h4-5,7-8,15,18H,6,9-12H2,1-3H3,(H,19,20). The largest absolute Gasteiger partial charge is 0.444 e. The van der Waals surface area contributed by atoms with Gasteiger partial charge in [-0.1, -0.05) is 30.7 Å². The third-order valence-corrected chi connectivity index (χ3v) is 3.63. The molecule has 4 heteroatoms. The number of alkyl carbamates (subject to hydrolysis) is 1. The summed E-state index contributed by atoms with van der Waals surface area (Å²) in [5, 5.41) is 6.38. The van der Waals surface area contributed by atoms with Crippen molar-refractivity contribution < 1.29 is 9.53 Å². The fourth-order valence-corrected chi connectivity index (χ4v) is 2.25. The maximum Gasteiger partial charge on any atom is 0.407 e. The molecule has 2 N–H and O–H groups in total. The van der Waals surface area contributed by atoms with Crippen LogP contribution in [0, 0.1) is 0 Å². The average molecular weight is 290 g/mol. The Morgan fingerprint density at radius 2 is 1.81 bits per heavy atom. The quantitative estimate of drug-likeness (QED) is 0.874. The number of amides is 1. The SMILES string of the molecule is CC(C)(C)OC(=O)NCc1ccccc1CNC1CCC1. The highest BCUT2D eigenvalue weighted by Gasteiger charge is 2.18. The first-order valence-electron chi connectivity index (χ1n) is 7.71. The minimum absolute atomic E-state index is 0.371. The molecule has 0 saturated heterocycles. The summed E-state index contributed by atoms with van der Waals surface area (Å²) in [6, 6.07) is 8.86. The summed E-state index contributed by atoms with van der Waals surface area (Å²) in [4.78, 5) is 11.7. The summed E-state index contributed by atoms with van der Waals surface area (Å²) < 4.78 is 5.26. The Kier molecular flexibility index (Phi) is 5.23. The maximum atomic E-state index is 11.7. The van der Waals surface area contributed by atoms with E-state index < -0.39 is 5.60 Å². The molecule has 1 aromatic carbocycles. The Balaban J connectivity index is 1.85. The van der Waals surface area contributed by atoms with E-state index in [1.165, 1.54) is 24.8 Å². The Morgan fingerprint density at radius 3 is 2.33 bits per heavy atom. The number of ether oxygens (including phenoxy) is 1. The fourth-order valence-electron chi connectivity index (χ4n) is 2.25. The molecular formula is C17H26N2O2. The molecule has 1 fully saturated rings. The van der Waals surface area contributed by atoms with Gasteiger partial charge < -0.3 is 15.4 Å². The van der Waals surface area contributed by atoms with Crippen LogP contribution in [0.2, 0.25) is 0 Å². The van der Waals surface area contributed by atoms with E-state index in [1.54, 1.807) is 0 Å². The van der Waals surface area contributed by atoms with E-state index in [4.69, 9.17) is 4.74 Å². The highest BCUT2D eigenvalue weighted by atomic mass is 16.6. The molecule has 1 amide bonds. The molecule has 21 heavy (non-hydrogen) atoms. The van der Waals surface area contributed by atoms with E-state index in [2.05, 4.69) is 22.8 Å². The molecule has 1 aromatic rings. The second kappa shape index (κ2) is 6.94. The molecule has 2 rings (SSSR count). The zero-order valence-corrected chi connectivity index (χ0v) is 13.2.